The average Bonchev–Trinajstić information content (AvgIpc) is 2.98. The van der Waals surface area contributed by atoms with Gasteiger partial charge in [-0.1, -0.05) is 5.92 Å². The summed E-state index contributed by atoms with van der Waals surface area (Å²) < 4.78 is 4.52. The van der Waals surface area contributed by atoms with Gasteiger partial charge in [0.2, 0.25) is 5.95 Å². The summed E-state index contributed by atoms with van der Waals surface area (Å²) in [5, 5.41) is 3.31. The van der Waals surface area contributed by atoms with Crippen LogP contribution in [-0.2, 0) is 20.1 Å². The monoisotopic (exact) mass is 330 g/mol. The zero-order valence-corrected chi connectivity index (χ0v) is 14.3. The fraction of sp³-hybridized carbons (Fsp3) is 0.562. The molecule has 0 bridgehead atoms. The minimum Gasteiger partial charge on any atom is -0.340 e. The van der Waals surface area contributed by atoms with Gasteiger partial charge < -0.3 is 10.2 Å². The molecule has 1 N–H and O–H groups in total. The molecule has 1 aliphatic rings. The van der Waals surface area contributed by atoms with E-state index in [9.17, 15) is 9.59 Å². The molecule has 3 heterocycles. The molecule has 2 aromatic heterocycles. The zero-order valence-electron chi connectivity index (χ0n) is 14.3. The molecule has 3 rings (SSSR count). The molecule has 0 aliphatic carbocycles. The van der Waals surface area contributed by atoms with Crippen molar-refractivity contribution in [2.45, 2.75) is 26.9 Å². The van der Waals surface area contributed by atoms with Crippen molar-refractivity contribution in [1.82, 2.24) is 24.0 Å². The molecule has 128 valence electrons. The number of fused-ring (bicyclic) bond motifs is 1. The highest BCUT2D eigenvalue weighted by atomic mass is 16.2. The topological polar surface area (TPSA) is 77.1 Å². The number of rotatable bonds is 3. The van der Waals surface area contributed by atoms with Gasteiger partial charge in [0.1, 0.15) is 0 Å². The van der Waals surface area contributed by atoms with Crippen molar-refractivity contribution in [2.75, 3.05) is 31.1 Å². The van der Waals surface area contributed by atoms with Crippen LogP contribution in [0.1, 0.15) is 13.8 Å². The molecule has 8 nitrogen and oxygen atoms in total. The fourth-order valence-corrected chi connectivity index (χ4v) is 3.04. The molecule has 1 aliphatic heterocycles. The van der Waals surface area contributed by atoms with E-state index >= 15 is 0 Å². The summed E-state index contributed by atoms with van der Waals surface area (Å²) in [5.41, 5.74) is 0.215. The van der Waals surface area contributed by atoms with Crippen LogP contribution in [0.15, 0.2) is 9.59 Å². The van der Waals surface area contributed by atoms with E-state index in [0.29, 0.717) is 30.2 Å². The molecule has 24 heavy (non-hydrogen) atoms. The Morgan fingerprint density at radius 3 is 2.54 bits per heavy atom. The van der Waals surface area contributed by atoms with E-state index in [1.54, 1.807) is 6.92 Å². The number of aryl methyl sites for hydroxylation is 1. The Balaban J connectivity index is 2.34. The van der Waals surface area contributed by atoms with Crippen molar-refractivity contribution in [3.05, 3.63) is 20.8 Å². The second-order valence-electron chi connectivity index (χ2n) is 5.72. The molecule has 2 aromatic rings. The van der Waals surface area contributed by atoms with Gasteiger partial charge in [-0.2, -0.15) is 4.98 Å². The number of imidazole rings is 1. The maximum absolute atomic E-state index is 12.7. The number of piperazine rings is 1. The molecule has 0 amide bonds. The molecule has 0 spiro atoms. The van der Waals surface area contributed by atoms with Crippen molar-refractivity contribution < 1.29 is 0 Å². The third kappa shape index (κ3) is 2.51. The lowest BCUT2D eigenvalue weighted by Crippen LogP contribution is -2.44. The summed E-state index contributed by atoms with van der Waals surface area (Å²) in [6.45, 7) is 7.82. The third-order valence-electron chi connectivity index (χ3n) is 4.34. The molecule has 0 unspecified atom stereocenters. The summed E-state index contributed by atoms with van der Waals surface area (Å²) in [6.07, 6.45) is 0. The maximum Gasteiger partial charge on any atom is 0.332 e. The number of hydrogen-bond donors (Lipinski definition) is 1. The molecule has 1 saturated heterocycles. The van der Waals surface area contributed by atoms with Crippen molar-refractivity contribution in [1.29, 1.82) is 0 Å². The van der Waals surface area contributed by atoms with Crippen molar-refractivity contribution in [3.63, 3.8) is 0 Å². The Hall–Kier alpha value is -2.53. The van der Waals surface area contributed by atoms with E-state index < -0.39 is 0 Å². The Bertz CT molecular complexity index is 934. The van der Waals surface area contributed by atoms with E-state index in [-0.39, 0.29) is 11.2 Å². The van der Waals surface area contributed by atoms with Crippen LogP contribution in [0.4, 0.5) is 5.95 Å². The number of nitrogens with one attached hydrogen (secondary N) is 1. The second kappa shape index (κ2) is 6.53. The van der Waals surface area contributed by atoms with E-state index in [4.69, 9.17) is 0 Å². The van der Waals surface area contributed by atoms with Crippen LogP contribution in [0.2, 0.25) is 0 Å². The molecule has 1 fully saturated rings. The number of hydrogen-bond acceptors (Lipinski definition) is 5. The minimum absolute atomic E-state index is 0.327. The van der Waals surface area contributed by atoms with E-state index in [0.717, 1.165) is 30.7 Å². The summed E-state index contributed by atoms with van der Waals surface area (Å²) in [4.78, 5) is 31.9. The highest BCUT2D eigenvalue weighted by molar-refractivity contribution is 5.75. The Morgan fingerprint density at radius 2 is 1.92 bits per heavy atom. The number of nitrogens with zero attached hydrogens (tertiary/aromatic N) is 5. The lowest BCUT2D eigenvalue weighted by molar-refractivity contribution is 0.572. The summed E-state index contributed by atoms with van der Waals surface area (Å²) in [7, 11) is 1.50. The maximum atomic E-state index is 12.7. The van der Waals surface area contributed by atoms with Crippen LogP contribution in [0, 0.1) is 11.8 Å². The summed E-state index contributed by atoms with van der Waals surface area (Å²) in [5.74, 6) is 6.59. The molecule has 0 atom stereocenters. The minimum atomic E-state index is -0.340. The first-order chi connectivity index (χ1) is 11.6. The van der Waals surface area contributed by atoms with Gasteiger partial charge in [-0.05, 0) is 13.8 Å². The highest BCUT2D eigenvalue weighted by Gasteiger charge is 2.23. The molecule has 0 aromatic carbocycles. The number of aromatic nitrogens is 4. The van der Waals surface area contributed by atoms with Crippen LogP contribution in [0.25, 0.3) is 11.2 Å². The summed E-state index contributed by atoms with van der Waals surface area (Å²) in [6, 6.07) is 0. The lowest BCUT2D eigenvalue weighted by atomic mass is 10.4. The lowest BCUT2D eigenvalue weighted by Gasteiger charge is -2.28. The van der Waals surface area contributed by atoms with E-state index in [1.807, 2.05) is 11.5 Å². The molecule has 8 heteroatoms. The van der Waals surface area contributed by atoms with Gasteiger partial charge in [-0.15, -0.1) is 5.92 Å². The Labute approximate surface area is 139 Å². The summed E-state index contributed by atoms with van der Waals surface area (Å²) >= 11 is 0. The van der Waals surface area contributed by atoms with Gasteiger partial charge in [-0.25, -0.2) is 4.79 Å². The quantitative estimate of drug-likeness (QED) is 0.757. The second-order valence-corrected chi connectivity index (χ2v) is 5.72. The zero-order chi connectivity index (χ0) is 17.3. The molecular weight excluding hydrogens is 308 g/mol. The van der Waals surface area contributed by atoms with Crippen LogP contribution in [-0.4, -0.2) is 44.9 Å². The van der Waals surface area contributed by atoms with E-state index in [2.05, 4.69) is 27.0 Å². The fourth-order valence-electron chi connectivity index (χ4n) is 3.04. The van der Waals surface area contributed by atoms with Crippen LogP contribution >= 0.6 is 0 Å². The van der Waals surface area contributed by atoms with Crippen LogP contribution in [0.3, 0.4) is 0 Å². The first-order valence-corrected chi connectivity index (χ1v) is 8.15. The molecular formula is C16H22N6O2. The van der Waals surface area contributed by atoms with Gasteiger partial charge in [0.15, 0.2) is 11.2 Å². The van der Waals surface area contributed by atoms with Gasteiger partial charge >= 0.3 is 5.69 Å². The first kappa shape index (κ1) is 16.3. The molecule has 0 saturated carbocycles. The van der Waals surface area contributed by atoms with Crippen molar-refractivity contribution >= 4 is 17.1 Å². The normalized spacial score (nSPS) is 14.7. The molecule has 0 radical (unpaired) electrons. The van der Waals surface area contributed by atoms with Gasteiger partial charge in [0.25, 0.3) is 5.56 Å². The van der Waals surface area contributed by atoms with Gasteiger partial charge in [0, 0.05) is 39.8 Å². The Morgan fingerprint density at radius 1 is 1.21 bits per heavy atom. The van der Waals surface area contributed by atoms with Crippen molar-refractivity contribution in [3.8, 4) is 11.8 Å². The van der Waals surface area contributed by atoms with E-state index in [1.165, 1.54) is 11.6 Å². The predicted octanol–water partition coefficient (Wildman–Crippen LogP) is -0.650. The Kier molecular flexibility index (Phi) is 4.44. The standard InChI is InChI=1S/C16H22N6O2/c1-4-6-9-22-12-13(18-15(22)20-10-7-17-8-11-20)21(5-2)16(24)19(3)14(12)23/h17H,5,7-11H2,1-3H3. The van der Waals surface area contributed by atoms with Gasteiger partial charge in [-0.3, -0.25) is 18.5 Å². The number of anilines is 1. The largest absolute Gasteiger partial charge is 0.340 e. The highest BCUT2D eigenvalue weighted by Crippen LogP contribution is 2.20. The third-order valence-corrected chi connectivity index (χ3v) is 4.34. The first-order valence-electron chi connectivity index (χ1n) is 8.15. The van der Waals surface area contributed by atoms with Crippen LogP contribution < -0.4 is 21.5 Å². The van der Waals surface area contributed by atoms with Gasteiger partial charge in [0.05, 0.1) is 6.54 Å². The average molecular weight is 330 g/mol. The van der Waals surface area contributed by atoms with Crippen molar-refractivity contribution in [2.24, 2.45) is 7.05 Å². The SMILES string of the molecule is CC#CCn1c(N2CCNCC2)nc2c1c(=O)n(C)c(=O)n2CC. The van der Waals surface area contributed by atoms with Crippen LogP contribution in [0.5, 0.6) is 0 Å². The predicted molar refractivity (Wildman–Crippen MR) is 93.4 cm³/mol. The smallest absolute Gasteiger partial charge is 0.332 e.